The lowest BCUT2D eigenvalue weighted by atomic mass is 10.1. The van der Waals surface area contributed by atoms with Crippen LogP contribution in [0.2, 0.25) is 10.0 Å². The summed E-state index contributed by atoms with van der Waals surface area (Å²) in [5, 5.41) is 11.0. The van der Waals surface area contributed by atoms with Gasteiger partial charge >= 0.3 is 0 Å². The Bertz CT molecular complexity index is 674. The Kier molecular flexibility index (Phi) is 6.00. The molecule has 1 aromatic carbocycles. The fraction of sp³-hybridized carbons (Fsp3) is 0.500. The number of aromatic nitrogens is 3. The van der Waals surface area contributed by atoms with Gasteiger partial charge in [-0.1, -0.05) is 37.0 Å². The van der Waals surface area contributed by atoms with Crippen molar-refractivity contribution in [3.05, 3.63) is 45.2 Å². The third kappa shape index (κ3) is 4.22. The zero-order valence-corrected chi connectivity index (χ0v) is 15.1. The van der Waals surface area contributed by atoms with Crippen LogP contribution in [0, 0.1) is 5.82 Å². The van der Waals surface area contributed by atoms with Crippen LogP contribution in [0.1, 0.15) is 69.3 Å². The zero-order valence-electron chi connectivity index (χ0n) is 13.6. The van der Waals surface area contributed by atoms with Gasteiger partial charge in [-0.3, -0.25) is 5.10 Å². The molecule has 0 aliphatic rings. The third-order valence-electron chi connectivity index (χ3n) is 3.99. The van der Waals surface area contributed by atoms with Crippen molar-refractivity contribution in [3.63, 3.8) is 0 Å². The number of hydrogen-bond donors (Lipinski definition) is 2. The van der Waals surface area contributed by atoms with Gasteiger partial charge in [0.25, 0.3) is 0 Å². The fourth-order valence-electron chi connectivity index (χ4n) is 2.30. The third-order valence-corrected chi connectivity index (χ3v) is 4.61. The molecule has 2 rings (SSSR count). The molecule has 1 aromatic heterocycles. The lowest BCUT2D eigenvalue weighted by molar-refractivity contribution is 0.475. The molecule has 0 saturated heterocycles. The maximum Gasteiger partial charge on any atom is 0.153 e. The molecule has 126 valence electrons. The fourth-order valence-corrected chi connectivity index (χ4v) is 2.84. The average molecular weight is 359 g/mol. The number of nitrogens with zero attached hydrogens (tertiary/aromatic N) is 2. The van der Waals surface area contributed by atoms with Crippen LogP contribution < -0.4 is 5.32 Å². The molecule has 1 heterocycles. The standard InChI is InChI=1S/C16H21Cl2FN4/c1-5-8(2)15-21-16(23-22-15)10(4)20-9(3)11-6-14(19)13(18)7-12(11)17/h6-10,20H,5H2,1-4H3,(H,21,22,23). The van der Waals surface area contributed by atoms with Crippen LogP contribution in [0.15, 0.2) is 12.1 Å². The molecule has 2 aromatic rings. The van der Waals surface area contributed by atoms with Crippen molar-refractivity contribution in [2.24, 2.45) is 0 Å². The number of hydrogen-bond acceptors (Lipinski definition) is 3. The number of rotatable bonds is 6. The Morgan fingerprint density at radius 1 is 1.17 bits per heavy atom. The Labute approximate surface area is 145 Å². The van der Waals surface area contributed by atoms with E-state index in [1.807, 2.05) is 13.8 Å². The smallest absolute Gasteiger partial charge is 0.153 e. The van der Waals surface area contributed by atoms with Crippen molar-refractivity contribution >= 4 is 23.2 Å². The van der Waals surface area contributed by atoms with Crippen LogP contribution in [0.5, 0.6) is 0 Å². The summed E-state index contributed by atoms with van der Waals surface area (Å²) in [5.41, 5.74) is 0.655. The molecule has 0 saturated carbocycles. The second-order valence-corrected chi connectivity index (χ2v) is 6.60. The molecule has 23 heavy (non-hydrogen) atoms. The van der Waals surface area contributed by atoms with E-state index in [0.717, 1.165) is 18.1 Å². The molecule has 0 radical (unpaired) electrons. The Balaban J connectivity index is 2.12. The van der Waals surface area contributed by atoms with Gasteiger partial charge in [0.1, 0.15) is 11.6 Å². The van der Waals surface area contributed by atoms with Gasteiger partial charge < -0.3 is 5.32 Å². The summed E-state index contributed by atoms with van der Waals surface area (Å²) in [4.78, 5) is 4.52. The number of aromatic amines is 1. The minimum absolute atomic E-state index is 0.0208. The second kappa shape index (κ2) is 7.60. The van der Waals surface area contributed by atoms with E-state index < -0.39 is 5.82 Å². The van der Waals surface area contributed by atoms with E-state index in [-0.39, 0.29) is 17.1 Å². The Morgan fingerprint density at radius 2 is 1.87 bits per heavy atom. The number of H-pyrrole nitrogens is 1. The van der Waals surface area contributed by atoms with Gasteiger partial charge in [-0.05, 0) is 38.0 Å². The monoisotopic (exact) mass is 358 g/mol. The quantitative estimate of drug-likeness (QED) is 0.699. The summed E-state index contributed by atoms with van der Waals surface area (Å²) in [7, 11) is 0. The van der Waals surface area contributed by atoms with E-state index in [9.17, 15) is 4.39 Å². The second-order valence-electron chi connectivity index (χ2n) is 5.79. The van der Waals surface area contributed by atoms with Crippen LogP contribution in [-0.4, -0.2) is 15.2 Å². The first-order valence-corrected chi connectivity index (χ1v) is 8.41. The van der Waals surface area contributed by atoms with Gasteiger partial charge in [0.05, 0.1) is 11.1 Å². The highest BCUT2D eigenvalue weighted by Gasteiger charge is 2.19. The number of halogens is 3. The minimum Gasteiger partial charge on any atom is -0.301 e. The molecule has 2 N–H and O–H groups in total. The van der Waals surface area contributed by atoms with E-state index in [4.69, 9.17) is 23.2 Å². The summed E-state index contributed by atoms with van der Waals surface area (Å²) in [5.74, 6) is 1.38. The lowest BCUT2D eigenvalue weighted by Gasteiger charge is -2.20. The first-order chi connectivity index (χ1) is 10.8. The first kappa shape index (κ1) is 18.2. The van der Waals surface area contributed by atoms with Crippen molar-refractivity contribution in [1.29, 1.82) is 0 Å². The SMILES string of the molecule is CCC(C)c1n[nH]c(C(C)NC(C)c2cc(F)c(Cl)cc2Cl)n1. The Morgan fingerprint density at radius 3 is 2.52 bits per heavy atom. The zero-order chi connectivity index (χ0) is 17.1. The molecule has 3 unspecified atom stereocenters. The van der Waals surface area contributed by atoms with Crippen LogP contribution in [-0.2, 0) is 0 Å². The summed E-state index contributed by atoms with van der Waals surface area (Å²) in [6, 6.07) is 2.54. The normalized spacial score (nSPS) is 15.4. The first-order valence-electron chi connectivity index (χ1n) is 7.66. The van der Waals surface area contributed by atoms with Gasteiger partial charge in [0.15, 0.2) is 5.82 Å². The number of nitrogens with one attached hydrogen (secondary N) is 2. The highest BCUT2D eigenvalue weighted by molar-refractivity contribution is 6.35. The van der Waals surface area contributed by atoms with Crippen LogP contribution in [0.3, 0.4) is 0 Å². The molecule has 7 heteroatoms. The van der Waals surface area contributed by atoms with Gasteiger partial charge in [0.2, 0.25) is 0 Å². The van der Waals surface area contributed by atoms with Crippen molar-refractivity contribution in [3.8, 4) is 0 Å². The maximum absolute atomic E-state index is 13.7. The van der Waals surface area contributed by atoms with Crippen LogP contribution in [0.4, 0.5) is 4.39 Å². The summed E-state index contributed by atoms with van der Waals surface area (Å²) < 4.78 is 13.7. The van der Waals surface area contributed by atoms with E-state index >= 15 is 0 Å². The van der Waals surface area contributed by atoms with E-state index in [0.29, 0.717) is 16.5 Å². The van der Waals surface area contributed by atoms with E-state index in [2.05, 4.69) is 34.3 Å². The van der Waals surface area contributed by atoms with E-state index in [1.165, 1.54) is 12.1 Å². The molecule has 0 aliphatic heterocycles. The van der Waals surface area contributed by atoms with Gasteiger partial charge in [-0.2, -0.15) is 5.10 Å². The lowest BCUT2D eigenvalue weighted by Crippen LogP contribution is -2.23. The molecule has 0 bridgehead atoms. The molecular weight excluding hydrogens is 338 g/mol. The van der Waals surface area contributed by atoms with Crippen molar-refractivity contribution in [2.75, 3.05) is 0 Å². The van der Waals surface area contributed by atoms with Crippen molar-refractivity contribution < 1.29 is 4.39 Å². The molecule has 0 amide bonds. The molecule has 4 nitrogen and oxygen atoms in total. The highest BCUT2D eigenvalue weighted by Crippen LogP contribution is 2.29. The molecule has 0 fully saturated rings. The largest absolute Gasteiger partial charge is 0.301 e. The van der Waals surface area contributed by atoms with Crippen molar-refractivity contribution in [2.45, 2.75) is 52.1 Å². The predicted molar refractivity (Wildman–Crippen MR) is 91.5 cm³/mol. The van der Waals surface area contributed by atoms with Crippen molar-refractivity contribution in [1.82, 2.24) is 20.5 Å². The molecular formula is C16H21Cl2FN4. The summed E-state index contributed by atoms with van der Waals surface area (Å²) in [6.07, 6.45) is 0.981. The van der Waals surface area contributed by atoms with Gasteiger partial charge in [0, 0.05) is 17.0 Å². The summed E-state index contributed by atoms with van der Waals surface area (Å²) >= 11 is 11.9. The molecule has 0 spiro atoms. The number of benzene rings is 1. The van der Waals surface area contributed by atoms with Crippen LogP contribution >= 0.6 is 23.2 Å². The topological polar surface area (TPSA) is 53.6 Å². The minimum atomic E-state index is -0.480. The average Bonchev–Trinajstić information content (AvgIpc) is 3.00. The highest BCUT2D eigenvalue weighted by atomic mass is 35.5. The van der Waals surface area contributed by atoms with Crippen LogP contribution in [0.25, 0.3) is 0 Å². The predicted octanol–water partition coefficient (Wildman–Crippen LogP) is 5.18. The molecule has 0 aliphatic carbocycles. The van der Waals surface area contributed by atoms with E-state index in [1.54, 1.807) is 0 Å². The maximum atomic E-state index is 13.7. The van der Waals surface area contributed by atoms with Gasteiger partial charge in [-0.25, -0.2) is 9.37 Å². The summed E-state index contributed by atoms with van der Waals surface area (Å²) in [6.45, 7) is 8.07. The molecule has 3 atom stereocenters. The Hall–Kier alpha value is -1.17. The van der Waals surface area contributed by atoms with Gasteiger partial charge in [-0.15, -0.1) is 0 Å².